The molecule has 0 radical (unpaired) electrons. The lowest BCUT2D eigenvalue weighted by Crippen LogP contribution is -2.49. The smallest absolute Gasteiger partial charge is 0.408 e. The standard InChI is InChI=1S/C19H30FN3O3/c1-14(21-18(25)26-19(2,3)4)17(24)23(12-11-22(5)6)13-15-9-7-8-10-16(15)20/h7-10,14H,11-13H2,1-6H3,(H,21,25). The van der Waals surface area contributed by atoms with E-state index in [-0.39, 0.29) is 18.3 Å². The summed E-state index contributed by atoms with van der Waals surface area (Å²) in [4.78, 5) is 28.2. The number of rotatable bonds is 7. The van der Waals surface area contributed by atoms with Crippen molar-refractivity contribution in [2.45, 2.75) is 45.9 Å². The van der Waals surface area contributed by atoms with E-state index in [4.69, 9.17) is 4.74 Å². The van der Waals surface area contributed by atoms with Crippen LogP contribution in [0, 0.1) is 5.82 Å². The average molecular weight is 367 g/mol. The number of ether oxygens (including phenoxy) is 1. The lowest BCUT2D eigenvalue weighted by Gasteiger charge is -2.28. The van der Waals surface area contributed by atoms with E-state index in [1.54, 1.807) is 50.8 Å². The highest BCUT2D eigenvalue weighted by atomic mass is 19.1. The van der Waals surface area contributed by atoms with Gasteiger partial charge in [0.15, 0.2) is 0 Å². The summed E-state index contributed by atoms with van der Waals surface area (Å²) in [6.07, 6.45) is -0.656. The molecule has 7 heteroatoms. The minimum absolute atomic E-state index is 0.139. The highest BCUT2D eigenvalue weighted by Gasteiger charge is 2.25. The van der Waals surface area contributed by atoms with Gasteiger partial charge in [-0.15, -0.1) is 0 Å². The number of benzene rings is 1. The SMILES string of the molecule is CC(NC(=O)OC(C)(C)C)C(=O)N(CCN(C)C)Cc1ccccc1F. The Morgan fingerprint density at radius 1 is 1.19 bits per heavy atom. The maximum absolute atomic E-state index is 14.0. The molecule has 6 nitrogen and oxygen atoms in total. The van der Waals surface area contributed by atoms with Crippen molar-refractivity contribution >= 4 is 12.0 Å². The van der Waals surface area contributed by atoms with Crippen LogP contribution in [0.2, 0.25) is 0 Å². The zero-order valence-electron chi connectivity index (χ0n) is 16.5. The molecule has 0 aliphatic rings. The van der Waals surface area contributed by atoms with E-state index in [0.29, 0.717) is 18.7 Å². The summed E-state index contributed by atoms with van der Waals surface area (Å²) in [7, 11) is 3.79. The van der Waals surface area contributed by atoms with Crippen molar-refractivity contribution in [2.75, 3.05) is 27.2 Å². The molecule has 0 aromatic heterocycles. The van der Waals surface area contributed by atoms with Crippen LogP contribution in [0.5, 0.6) is 0 Å². The van der Waals surface area contributed by atoms with E-state index < -0.39 is 17.7 Å². The molecular weight excluding hydrogens is 337 g/mol. The van der Waals surface area contributed by atoms with E-state index in [0.717, 1.165) is 0 Å². The molecule has 1 aromatic rings. The first-order chi connectivity index (χ1) is 12.0. The number of nitrogens with one attached hydrogen (secondary N) is 1. The molecule has 0 spiro atoms. The minimum atomic E-state index is -0.779. The Labute approximate surface area is 155 Å². The topological polar surface area (TPSA) is 61.9 Å². The summed E-state index contributed by atoms with van der Waals surface area (Å²) in [6.45, 7) is 8.03. The van der Waals surface area contributed by atoms with Crippen molar-refractivity contribution in [1.82, 2.24) is 15.1 Å². The van der Waals surface area contributed by atoms with E-state index in [1.165, 1.54) is 6.07 Å². The van der Waals surface area contributed by atoms with Crippen molar-refractivity contribution in [1.29, 1.82) is 0 Å². The van der Waals surface area contributed by atoms with Crippen LogP contribution in [0.1, 0.15) is 33.3 Å². The van der Waals surface area contributed by atoms with Gasteiger partial charge < -0.3 is 19.9 Å². The van der Waals surface area contributed by atoms with Gasteiger partial charge in [0.25, 0.3) is 0 Å². The van der Waals surface area contributed by atoms with Crippen LogP contribution in [0.3, 0.4) is 0 Å². The highest BCUT2D eigenvalue weighted by molar-refractivity contribution is 5.85. The Bertz CT molecular complexity index is 614. The van der Waals surface area contributed by atoms with Gasteiger partial charge in [0.1, 0.15) is 17.5 Å². The van der Waals surface area contributed by atoms with Crippen molar-refractivity contribution < 1.29 is 18.7 Å². The van der Waals surface area contributed by atoms with Crippen LogP contribution in [-0.4, -0.2) is 60.6 Å². The van der Waals surface area contributed by atoms with Gasteiger partial charge in [-0.25, -0.2) is 9.18 Å². The average Bonchev–Trinajstić information content (AvgIpc) is 2.50. The zero-order chi connectivity index (χ0) is 19.9. The molecule has 26 heavy (non-hydrogen) atoms. The number of amides is 2. The van der Waals surface area contributed by atoms with Gasteiger partial charge >= 0.3 is 6.09 Å². The van der Waals surface area contributed by atoms with Gasteiger partial charge in [0.05, 0.1) is 0 Å². The molecule has 146 valence electrons. The predicted molar refractivity (Wildman–Crippen MR) is 99.2 cm³/mol. The highest BCUT2D eigenvalue weighted by Crippen LogP contribution is 2.12. The first-order valence-electron chi connectivity index (χ1n) is 8.66. The summed E-state index contributed by atoms with van der Waals surface area (Å²) < 4.78 is 19.2. The Morgan fingerprint density at radius 3 is 2.35 bits per heavy atom. The molecule has 0 aliphatic carbocycles. The van der Waals surface area contributed by atoms with E-state index in [2.05, 4.69) is 5.32 Å². The summed E-state index contributed by atoms with van der Waals surface area (Å²) >= 11 is 0. The zero-order valence-corrected chi connectivity index (χ0v) is 16.5. The maximum atomic E-state index is 14.0. The molecule has 1 rings (SSSR count). The molecule has 0 bridgehead atoms. The number of halogens is 1. The Hall–Kier alpha value is -2.15. The minimum Gasteiger partial charge on any atom is -0.444 e. The molecule has 1 N–H and O–H groups in total. The molecule has 0 fully saturated rings. The van der Waals surface area contributed by atoms with Crippen LogP contribution < -0.4 is 5.32 Å². The molecule has 0 heterocycles. The summed E-state index contributed by atoms with van der Waals surface area (Å²) in [5.74, 6) is -0.649. The van der Waals surface area contributed by atoms with Crippen molar-refractivity contribution in [3.8, 4) is 0 Å². The third-order valence-electron chi connectivity index (χ3n) is 3.55. The third kappa shape index (κ3) is 7.82. The second kappa shape index (κ2) is 9.52. The Morgan fingerprint density at radius 2 is 1.81 bits per heavy atom. The fourth-order valence-electron chi connectivity index (χ4n) is 2.24. The number of carbonyl (C=O) groups excluding carboxylic acids is 2. The van der Waals surface area contributed by atoms with Crippen LogP contribution in [0.15, 0.2) is 24.3 Å². The fraction of sp³-hybridized carbons (Fsp3) is 0.579. The van der Waals surface area contributed by atoms with Gasteiger partial charge in [0.2, 0.25) is 5.91 Å². The van der Waals surface area contributed by atoms with E-state index in [1.807, 2.05) is 19.0 Å². The molecule has 2 amide bonds. The molecular formula is C19H30FN3O3. The Kier molecular flexibility index (Phi) is 8.02. The number of hydrogen-bond acceptors (Lipinski definition) is 4. The van der Waals surface area contributed by atoms with Crippen LogP contribution in [0.4, 0.5) is 9.18 Å². The molecule has 1 aromatic carbocycles. The van der Waals surface area contributed by atoms with Gasteiger partial charge in [-0.2, -0.15) is 0 Å². The largest absolute Gasteiger partial charge is 0.444 e. The second-order valence-electron chi connectivity index (χ2n) is 7.52. The van der Waals surface area contributed by atoms with Gasteiger partial charge in [-0.05, 0) is 47.9 Å². The van der Waals surface area contributed by atoms with Gasteiger partial charge in [0, 0.05) is 25.2 Å². The second-order valence-corrected chi connectivity index (χ2v) is 7.52. The third-order valence-corrected chi connectivity index (χ3v) is 3.55. The number of likely N-dealkylation sites (N-methyl/N-ethyl adjacent to an activating group) is 1. The van der Waals surface area contributed by atoms with E-state index in [9.17, 15) is 14.0 Å². The number of alkyl carbamates (subject to hydrolysis) is 1. The molecule has 0 aliphatic heterocycles. The number of hydrogen-bond donors (Lipinski definition) is 1. The summed E-state index contributed by atoms with van der Waals surface area (Å²) in [5.41, 5.74) is -0.214. The Balaban J connectivity index is 2.82. The van der Waals surface area contributed by atoms with Gasteiger partial charge in [-0.3, -0.25) is 4.79 Å². The van der Waals surface area contributed by atoms with Crippen LogP contribution in [0.25, 0.3) is 0 Å². The lowest BCUT2D eigenvalue weighted by molar-refractivity contribution is -0.133. The molecule has 1 unspecified atom stereocenters. The number of carbonyl (C=O) groups is 2. The van der Waals surface area contributed by atoms with Crippen molar-refractivity contribution in [2.24, 2.45) is 0 Å². The summed E-state index contributed by atoms with van der Waals surface area (Å²) in [5, 5.41) is 2.54. The quantitative estimate of drug-likeness (QED) is 0.805. The van der Waals surface area contributed by atoms with Crippen LogP contribution in [-0.2, 0) is 16.1 Å². The lowest BCUT2D eigenvalue weighted by atomic mass is 10.1. The first-order valence-corrected chi connectivity index (χ1v) is 8.66. The maximum Gasteiger partial charge on any atom is 0.408 e. The fourth-order valence-corrected chi connectivity index (χ4v) is 2.24. The van der Waals surface area contributed by atoms with Crippen molar-refractivity contribution in [3.63, 3.8) is 0 Å². The first kappa shape index (κ1) is 21.9. The number of nitrogens with zero attached hydrogens (tertiary/aromatic N) is 2. The van der Waals surface area contributed by atoms with Gasteiger partial charge in [-0.1, -0.05) is 18.2 Å². The molecule has 0 saturated carbocycles. The normalized spacial score (nSPS) is 12.6. The summed E-state index contributed by atoms with van der Waals surface area (Å²) in [6, 6.07) is 5.58. The molecule has 1 atom stereocenters. The predicted octanol–water partition coefficient (Wildman–Crippen LogP) is 2.63. The monoisotopic (exact) mass is 367 g/mol. The van der Waals surface area contributed by atoms with Crippen molar-refractivity contribution in [3.05, 3.63) is 35.6 Å². The van der Waals surface area contributed by atoms with Crippen LogP contribution >= 0.6 is 0 Å². The van der Waals surface area contributed by atoms with E-state index >= 15 is 0 Å². The molecule has 0 saturated heterocycles.